The predicted octanol–water partition coefficient (Wildman–Crippen LogP) is 4.91. The van der Waals surface area contributed by atoms with Crippen molar-refractivity contribution in [2.24, 2.45) is 0 Å². The molecule has 0 radical (unpaired) electrons. The number of anilines is 2. The molecule has 27 heavy (non-hydrogen) atoms. The van der Waals surface area contributed by atoms with Crippen molar-refractivity contribution in [3.63, 3.8) is 0 Å². The highest BCUT2D eigenvalue weighted by Gasteiger charge is 2.12. The average Bonchev–Trinajstić information content (AvgIpc) is 3.29. The molecule has 0 aliphatic carbocycles. The fourth-order valence-electron chi connectivity index (χ4n) is 2.53. The van der Waals surface area contributed by atoms with Gasteiger partial charge in [0.15, 0.2) is 17.5 Å². The van der Waals surface area contributed by atoms with Crippen LogP contribution in [0.15, 0.2) is 42.6 Å². The minimum absolute atomic E-state index is 0. The molecule has 0 atom stereocenters. The molecular formula is C19H20ClN7. The number of aromatic nitrogens is 6. The normalized spacial score (nSPS) is 10.5. The molecule has 0 amide bonds. The molecule has 1 aromatic carbocycles. The Bertz CT molecular complexity index is 1050. The van der Waals surface area contributed by atoms with Gasteiger partial charge >= 0.3 is 0 Å². The molecule has 7 nitrogen and oxygen atoms in total. The lowest BCUT2D eigenvalue weighted by Gasteiger charge is -2.08. The lowest BCUT2D eigenvalue weighted by Crippen LogP contribution is -2.03. The van der Waals surface area contributed by atoms with Crippen molar-refractivity contribution >= 4 is 23.4 Å². The predicted molar refractivity (Wildman–Crippen MR) is 108 cm³/mol. The van der Waals surface area contributed by atoms with Crippen LogP contribution in [0, 0.1) is 13.8 Å². The lowest BCUT2D eigenvalue weighted by molar-refractivity contribution is 1.03. The van der Waals surface area contributed by atoms with E-state index >= 15 is 0 Å². The third-order valence-electron chi connectivity index (χ3n) is 3.84. The molecule has 0 bridgehead atoms. The molecule has 3 N–H and O–H groups in total. The maximum Gasteiger partial charge on any atom is 0.232 e. The number of benzene rings is 1. The fourth-order valence-corrected chi connectivity index (χ4v) is 2.65. The summed E-state index contributed by atoms with van der Waals surface area (Å²) >= 11 is 6.14. The first kappa shape index (κ1) is 18.6. The van der Waals surface area contributed by atoms with Crippen molar-refractivity contribution in [2.75, 3.05) is 5.32 Å². The molecule has 4 aromatic rings. The summed E-state index contributed by atoms with van der Waals surface area (Å²) in [6.07, 6.45) is 1.83. The number of nitrogens with one attached hydrogen (secondary N) is 3. The van der Waals surface area contributed by atoms with Gasteiger partial charge in [-0.1, -0.05) is 19.0 Å². The van der Waals surface area contributed by atoms with Crippen LogP contribution in [-0.2, 0) is 0 Å². The van der Waals surface area contributed by atoms with Crippen LogP contribution < -0.4 is 5.32 Å². The number of hydrogen-bond donors (Lipinski definition) is 3. The number of aromatic amines is 2. The van der Waals surface area contributed by atoms with E-state index in [-0.39, 0.29) is 7.43 Å². The highest BCUT2D eigenvalue weighted by molar-refractivity contribution is 6.31. The first-order valence-corrected chi connectivity index (χ1v) is 8.42. The molecule has 0 saturated heterocycles. The van der Waals surface area contributed by atoms with Crippen molar-refractivity contribution in [3.8, 4) is 22.9 Å². The summed E-state index contributed by atoms with van der Waals surface area (Å²) in [5.41, 5.74) is 3.58. The number of aryl methyl sites for hydroxylation is 2. The summed E-state index contributed by atoms with van der Waals surface area (Å²) in [7, 11) is 0. The van der Waals surface area contributed by atoms with Gasteiger partial charge in [0, 0.05) is 28.5 Å². The molecule has 138 valence electrons. The van der Waals surface area contributed by atoms with Crippen molar-refractivity contribution in [3.05, 3.63) is 58.9 Å². The van der Waals surface area contributed by atoms with Crippen molar-refractivity contribution in [2.45, 2.75) is 21.3 Å². The van der Waals surface area contributed by atoms with Crippen LogP contribution in [0.4, 0.5) is 11.8 Å². The Morgan fingerprint density at radius 3 is 2.48 bits per heavy atom. The summed E-state index contributed by atoms with van der Waals surface area (Å²) in [6.45, 7) is 3.88. The van der Waals surface area contributed by atoms with E-state index in [9.17, 15) is 0 Å². The average molecular weight is 382 g/mol. The highest BCUT2D eigenvalue weighted by atomic mass is 35.5. The van der Waals surface area contributed by atoms with E-state index < -0.39 is 0 Å². The standard InChI is InChI=1S/C18H16ClN7.CH4/c1-10-8-12(5-6-13(10)19)16-22-17(14-4-3-7-20-14)24-18(23-16)21-15-9-11(2)25-26-15;/h3-9,20H,1-2H3,(H2,21,22,23,24,25,26);1H4. The summed E-state index contributed by atoms with van der Waals surface area (Å²) in [5, 5.41) is 10.9. The fraction of sp³-hybridized carbons (Fsp3) is 0.158. The van der Waals surface area contributed by atoms with Crippen LogP contribution in [0.3, 0.4) is 0 Å². The molecule has 0 unspecified atom stereocenters. The third-order valence-corrected chi connectivity index (χ3v) is 4.26. The van der Waals surface area contributed by atoms with Gasteiger partial charge in [-0.2, -0.15) is 15.1 Å². The van der Waals surface area contributed by atoms with E-state index in [1.54, 1.807) is 0 Å². The van der Waals surface area contributed by atoms with E-state index in [4.69, 9.17) is 11.6 Å². The zero-order valence-corrected chi connectivity index (χ0v) is 15.0. The first-order chi connectivity index (χ1) is 12.6. The molecule has 0 fully saturated rings. The first-order valence-electron chi connectivity index (χ1n) is 8.04. The second-order valence-corrected chi connectivity index (χ2v) is 6.32. The van der Waals surface area contributed by atoms with Gasteiger partial charge in [0.1, 0.15) is 0 Å². The van der Waals surface area contributed by atoms with Crippen LogP contribution in [0.2, 0.25) is 5.02 Å². The van der Waals surface area contributed by atoms with E-state index in [1.807, 2.05) is 56.4 Å². The van der Waals surface area contributed by atoms with Crippen molar-refractivity contribution < 1.29 is 0 Å². The molecular weight excluding hydrogens is 362 g/mol. The van der Waals surface area contributed by atoms with Gasteiger partial charge in [0.2, 0.25) is 5.95 Å². The van der Waals surface area contributed by atoms with Gasteiger partial charge < -0.3 is 10.3 Å². The summed E-state index contributed by atoms with van der Waals surface area (Å²) in [4.78, 5) is 16.8. The Balaban J connectivity index is 0.00000210. The summed E-state index contributed by atoms with van der Waals surface area (Å²) in [6, 6.07) is 11.4. The van der Waals surface area contributed by atoms with E-state index in [1.165, 1.54) is 0 Å². The molecule has 0 spiro atoms. The maximum atomic E-state index is 6.14. The van der Waals surface area contributed by atoms with Gasteiger partial charge in [-0.25, -0.2) is 4.98 Å². The second kappa shape index (κ2) is 7.59. The van der Waals surface area contributed by atoms with Crippen LogP contribution in [0.5, 0.6) is 0 Å². The topological polar surface area (TPSA) is 95.2 Å². The second-order valence-electron chi connectivity index (χ2n) is 5.92. The van der Waals surface area contributed by atoms with Crippen LogP contribution >= 0.6 is 11.6 Å². The molecule has 0 aliphatic heterocycles. The number of H-pyrrole nitrogens is 2. The quantitative estimate of drug-likeness (QED) is 0.467. The molecule has 3 aromatic heterocycles. The Morgan fingerprint density at radius 1 is 1.00 bits per heavy atom. The molecule has 4 rings (SSSR count). The van der Waals surface area contributed by atoms with Crippen LogP contribution in [0.25, 0.3) is 22.9 Å². The summed E-state index contributed by atoms with van der Waals surface area (Å²) < 4.78 is 0. The van der Waals surface area contributed by atoms with E-state index in [2.05, 4.69) is 35.5 Å². The van der Waals surface area contributed by atoms with Crippen LogP contribution in [-0.4, -0.2) is 30.1 Å². The monoisotopic (exact) mass is 381 g/mol. The van der Waals surface area contributed by atoms with E-state index in [0.29, 0.717) is 28.4 Å². The third kappa shape index (κ3) is 3.98. The van der Waals surface area contributed by atoms with Gasteiger partial charge in [0.05, 0.1) is 5.69 Å². The number of rotatable bonds is 4. The Labute approximate surface area is 162 Å². The number of hydrogen-bond acceptors (Lipinski definition) is 5. The minimum atomic E-state index is 0. The van der Waals surface area contributed by atoms with Crippen molar-refractivity contribution in [1.29, 1.82) is 0 Å². The van der Waals surface area contributed by atoms with Gasteiger partial charge in [-0.3, -0.25) is 5.10 Å². The highest BCUT2D eigenvalue weighted by Crippen LogP contribution is 2.25. The lowest BCUT2D eigenvalue weighted by atomic mass is 10.1. The zero-order chi connectivity index (χ0) is 18.1. The van der Waals surface area contributed by atoms with Gasteiger partial charge in [0.25, 0.3) is 0 Å². The largest absolute Gasteiger partial charge is 0.359 e. The molecule has 0 aliphatic rings. The number of nitrogens with zero attached hydrogens (tertiary/aromatic N) is 4. The Kier molecular flexibility index (Phi) is 5.23. The molecule has 8 heteroatoms. The van der Waals surface area contributed by atoms with Crippen molar-refractivity contribution in [1.82, 2.24) is 30.1 Å². The molecule has 0 saturated carbocycles. The van der Waals surface area contributed by atoms with Crippen LogP contribution in [0.1, 0.15) is 18.7 Å². The Morgan fingerprint density at radius 2 is 1.81 bits per heavy atom. The number of halogens is 1. The molecule has 3 heterocycles. The maximum absolute atomic E-state index is 6.14. The Hall–Kier alpha value is -3.19. The summed E-state index contributed by atoms with van der Waals surface area (Å²) in [5.74, 6) is 2.16. The van der Waals surface area contributed by atoms with Gasteiger partial charge in [-0.05, 0) is 49.7 Å². The van der Waals surface area contributed by atoms with E-state index in [0.717, 1.165) is 22.5 Å². The minimum Gasteiger partial charge on any atom is -0.359 e. The smallest absolute Gasteiger partial charge is 0.232 e. The zero-order valence-electron chi connectivity index (χ0n) is 14.2. The van der Waals surface area contributed by atoms with Gasteiger partial charge in [-0.15, -0.1) is 0 Å². The SMILES string of the molecule is C.Cc1cc(Nc2nc(-c3ccc(Cl)c(C)c3)nc(-c3ccc[nH]3)n2)n[nH]1.